The van der Waals surface area contributed by atoms with E-state index in [1.54, 1.807) is 7.05 Å². The number of rotatable bonds is 4. The van der Waals surface area contributed by atoms with Crippen LogP contribution in [0, 0.1) is 0 Å². The Morgan fingerprint density at radius 2 is 1.86 bits per heavy atom. The molecule has 0 radical (unpaired) electrons. The second-order valence-electron chi connectivity index (χ2n) is 7.95. The summed E-state index contributed by atoms with van der Waals surface area (Å²) in [5.41, 5.74) is 0.953. The standard InChI is InChI=1S/C19H30N7O2/c1-5-24-17(27)15-16(22(4)19(24)28)20-18-25(21-13(2)14(3)26(15)18)12-11-23-9-7-6-8-10-23/h14-15H,5-12H2,1-4H3/q+1. The molecule has 0 bridgehead atoms. The molecule has 28 heavy (non-hydrogen) atoms. The zero-order chi connectivity index (χ0) is 20.0. The molecule has 3 amide bonds. The van der Waals surface area contributed by atoms with Crippen LogP contribution >= 0.6 is 0 Å². The van der Waals surface area contributed by atoms with Crippen LogP contribution in [0.4, 0.5) is 4.79 Å². The summed E-state index contributed by atoms with van der Waals surface area (Å²) < 4.78 is 2.03. The van der Waals surface area contributed by atoms with Gasteiger partial charge in [-0.15, -0.1) is 10.1 Å². The van der Waals surface area contributed by atoms with E-state index in [1.165, 1.54) is 29.1 Å². The third kappa shape index (κ3) is 2.92. The summed E-state index contributed by atoms with van der Waals surface area (Å²) in [6.07, 6.45) is 3.81. The number of likely N-dealkylation sites (tertiary alicyclic amines) is 1. The maximum Gasteiger partial charge on any atom is 0.416 e. The Bertz CT molecular complexity index is 781. The van der Waals surface area contributed by atoms with E-state index in [-0.39, 0.29) is 18.0 Å². The smallest absolute Gasteiger partial charge is 0.300 e. The minimum atomic E-state index is -0.560. The van der Waals surface area contributed by atoms with Crippen molar-refractivity contribution in [2.24, 2.45) is 10.1 Å². The minimum Gasteiger partial charge on any atom is -0.300 e. The number of amides is 3. The highest BCUT2D eigenvalue weighted by atomic mass is 16.2. The van der Waals surface area contributed by atoms with Gasteiger partial charge in [-0.3, -0.25) is 14.6 Å². The number of hydrogen-bond donors (Lipinski definition) is 0. The maximum absolute atomic E-state index is 13.1. The summed E-state index contributed by atoms with van der Waals surface area (Å²) in [6, 6.07) is -0.916. The van der Waals surface area contributed by atoms with Crippen LogP contribution < -0.4 is 0 Å². The van der Waals surface area contributed by atoms with Crippen LogP contribution in [-0.4, -0.2) is 106 Å². The van der Waals surface area contributed by atoms with E-state index in [1.807, 2.05) is 30.4 Å². The maximum atomic E-state index is 13.1. The second kappa shape index (κ2) is 7.27. The van der Waals surface area contributed by atoms with Crippen molar-refractivity contribution < 1.29 is 14.2 Å². The number of carbonyl (C=O) groups excluding carboxylic acids is 2. The van der Waals surface area contributed by atoms with Crippen molar-refractivity contribution in [3.05, 3.63) is 0 Å². The first-order valence-corrected chi connectivity index (χ1v) is 10.3. The van der Waals surface area contributed by atoms with Crippen molar-refractivity contribution >= 4 is 29.4 Å². The molecule has 2 atom stereocenters. The molecule has 4 heterocycles. The van der Waals surface area contributed by atoms with Gasteiger partial charge in [0, 0.05) is 20.1 Å². The lowest BCUT2D eigenvalue weighted by atomic mass is 10.1. The average molecular weight is 388 g/mol. The fourth-order valence-corrected chi connectivity index (χ4v) is 4.44. The molecule has 0 saturated carbocycles. The first kappa shape index (κ1) is 19.0. The molecular weight excluding hydrogens is 358 g/mol. The molecule has 4 rings (SSSR count). The van der Waals surface area contributed by atoms with Crippen LogP contribution in [0.2, 0.25) is 0 Å². The number of piperidine rings is 1. The van der Waals surface area contributed by atoms with E-state index in [2.05, 4.69) is 4.90 Å². The van der Waals surface area contributed by atoms with E-state index in [0.717, 1.165) is 31.9 Å². The molecule has 2 saturated heterocycles. The van der Waals surface area contributed by atoms with E-state index >= 15 is 0 Å². The van der Waals surface area contributed by atoms with Gasteiger partial charge in [0.15, 0.2) is 0 Å². The monoisotopic (exact) mass is 388 g/mol. The molecule has 2 fully saturated rings. The molecule has 9 nitrogen and oxygen atoms in total. The van der Waals surface area contributed by atoms with Crippen LogP contribution in [0.5, 0.6) is 0 Å². The first-order chi connectivity index (χ1) is 13.4. The topological polar surface area (TPSA) is 74.8 Å². The van der Waals surface area contributed by atoms with Crippen LogP contribution in [0.1, 0.15) is 40.0 Å². The van der Waals surface area contributed by atoms with Crippen molar-refractivity contribution in [3.63, 3.8) is 0 Å². The van der Waals surface area contributed by atoms with Crippen molar-refractivity contribution in [3.8, 4) is 0 Å². The number of carbonyl (C=O) groups is 2. The fraction of sp³-hybridized carbons (Fsp3) is 0.737. The van der Waals surface area contributed by atoms with E-state index < -0.39 is 6.04 Å². The molecule has 4 aliphatic heterocycles. The number of imide groups is 1. The highest BCUT2D eigenvalue weighted by Gasteiger charge is 2.55. The Balaban J connectivity index is 1.63. The number of aliphatic imine (C=N–C) groups is 1. The number of urea groups is 1. The molecule has 0 aliphatic carbocycles. The van der Waals surface area contributed by atoms with Gasteiger partial charge < -0.3 is 4.90 Å². The van der Waals surface area contributed by atoms with Gasteiger partial charge in [0.25, 0.3) is 5.91 Å². The fourth-order valence-electron chi connectivity index (χ4n) is 4.44. The van der Waals surface area contributed by atoms with Gasteiger partial charge in [-0.05, 0) is 46.7 Å². The first-order valence-electron chi connectivity index (χ1n) is 10.3. The van der Waals surface area contributed by atoms with Crippen molar-refractivity contribution in [1.82, 2.24) is 19.7 Å². The Labute approximate surface area is 166 Å². The highest BCUT2D eigenvalue weighted by Crippen LogP contribution is 2.25. The van der Waals surface area contributed by atoms with Crippen LogP contribution in [0.15, 0.2) is 10.1 Å². The van der Waals surface area contributed by atoms with Crippen LogP contribution in [-0.2, 0) is 4.79 Å². The third-order valence-electron chi connectivity index (χ3n) is 6.25. The molecule has 0 N–H and O–H groups in total. The summed E-state index contributed by atoms with van der Waals surface area (Å²) in [7, 11) is 1.69. The molecule has 152 valence electrons. The van der Waals surface area contributed by atoms with Gasteiger partial charge in [0.2, 0.25) is 11.9 Å². The molecular formula is C19H30N7O2+. The van der Waals surface area contributed by atoms with Crippen molar-refractivity contribution in [2.75, 3.05) is 39.8 Å². The number of amidine groups is 1. The zero-order valence-electron chi connectivity index (χ0n) is 17.3. The summed E-state index contributed by atoms with van der Waals surface area (Å²) in [5.74, 6) is 0.993. The van der Waals surface area contributed by atoms with E-state index in [9.17, 15) is 9.59 Å². The minimum absolute atomic E-state index is 0.0447. The van der Waals surface area contributed by atoms with Gasteiger partial charge in [0.1, 0.15) is 12.6 Å². The Morgan fingerprint density at radius 3 is 2.54 bits per heavy atom. The predicted octanol–water partition coefficient (Wildman–Crippen LogP) is 0.615. The molecule has 4 aliphatic rings. The van der Waals surface area contributed by atoms with Gasteiger partial charge in [0.05, 0.1) is 5.71 Å². The molecule has 0 spiro atoms. The van der Waals surface area contributed by atoms with Crippen molar-refractivity contribution in [2.45, 2.75) is 52.1 Å². The Morgan fingerprint density at radius 1 is 1.14 bits per heavy atom. The average Bonchev–Trinajstić information content (AvgIpc) is 3.11. The lowest BCUT2D eigenvalue weighted by molar-refractivity contribution is -0.559. The van der Waals surface area contributed by atoms with Gasteiger partial charge in [-0.25, -0.2) is 9.37 Å². The van der Waals surface area contributed by atoms with Crippen LogP contribution in [0.3, 0.4) is 0 Å². The predicted molar refractivity (Wildman–Crippen MR) is 107 cm³/mol. The number of hydrazone groups is 1. The molecule has 9 heteroatoms. The Kier molecular flexibility index (Phi) is 4.95. The third-order valence-corrected chi connectivity index (χ3v) is 6.25. The molecule has 2 unspecified atom stereocenters. The summed E-state index contributed by atoms with van der Waals surface area (Å²) >= 11 is 0. The van der Waals surface area contributed by atoms with E-state index in [0.29, 0.717) is 18.3 Å². The Hall–Kier alpha value is -2.29. The molecule has 0 aromatic rings. The quantitative estimate of drug-likeness (QED) is 0.662. The lowest BCUT2D eigenvalue weighted by Crippen LogP contribution is -2.64. The van der Waals surface area contributed by atoms with Gasteiger partial charge in [-0.1, -0.05) is 11.4 Å². The van der Waals surface area contributed by atoms with Crippen molar-refractivity contribution in [1.29, 1.82) is 0 Å². The molecule has 0 aromatic carbocycles. The second-order valence-corrected chi connectivity index (χ2v) is 7.95. The number of nitrogens with zero attached hydrogens (tertiary/aromatic N) is 7. The van der Waals surface area contributed by atoms with Gasteiger partial charge >= 0.3 is 12.0 Å². The van der Waals surface area contributed by atoms with E-state index in [4.69, 9.17) is 10.1 Å². The van der Waals surface area contributed by atoms with Crippen LogP contribution in [0.25, 0.3) is 0 Å². The SMILES string of the molecule is CCN1C(=O)C2C(=NC3=[N+]2C(C)C(C)=NN3CCN2CCCCC2)N(C)C1=O. The number of fused-ring (bicyclic) bond motifs is 2. The zero-order valence-corrected chi connectivity index (χ0v) is 17.3. The number of likely N-dealkylation sites (N-methyl/N-ethyl adjacent to an activating group) is 2. The summed E-state index contributed by atoms with van der Waals surface area (Å²) in [5, 5.41) is 6.68. The van der Waals surface area contributed by atoms with Gasteiger partial charge in [-0.2, -0.15) is 0 Å². The highest BCUT2D eigenvalue weighted by molar-refractivity contribution is 6.23. The normalized spacial score (nSPS) is 28.5. The number of guanidine groups is 1. The lowest BCUT2D eigenvalue weighted by Gasteiger charge is -2.35. The summed E-state index contributed by atoms with van der Waals surface area (Å²) in [6.45, 7) is 10.1. The molecule has 0 aromatic heterocycles. The largest absolute Gasteiger partial charge is 0.416 e. The summed E-state index contributed by atoms with van der Waals surface area (Å²) in [4.78, 5) is 35.6. The number of hydrogen-bond acceptors (Lipinski definition) is 6.